The molecule has 1 aliphatic rings. The molecule has 1 aromatic rings. The van der Waals surface area contributed by atoms with Gasteiger partial charge in [-0.1, -0.05) is 18.9 Å². The van der Waals surface area contributed by atoms with Gasteiger partial charge in [0.05, 0.1) is 6.61 Å². The Bertz CT molecular complexity index is 369. The van der Waals surface area contributed by atoms with Gasteiger partial charge >= 0.3 is 0 Å². The molecule has 2 nitrogen and oxygen atoms in total. The third-order valence-corrected chi connectivity index (χ3v) is 3.94. The van der Waals surface area contributed by atoms with E-state index in [1.807, 2.05) is 6.07 Å². The van der Waals surface area contributed by atoms with Crippen LogP contribution in [0.25, 0.3) is 0 Å². The molecule has 0 aliphatic heterocycles. The predicted octanol–water partition coefficient (Wildman–Crippen LogP) is 3.11. The summed E-state index contributed by atoms with van der Waals surface area (Å²) < 4.78 is 0. The van der Waals surface area contributed by atoms with Crippen molar-refractivity contribution < 1.29 is 5.11 Å². The first-order chi connectivity index (χ1) is 8.20. The van der Waals surface area contributed by atoms with E-state index >= 15 is 0 Å². The van der Waals surface area contributed by atoms with Crippen LogP contribution in [-0.2, 0) is 6.61 Å². The van der Waals surface area contributed by atoms with Gasteiger partial charge in [-0.25, -0.2) is 0 Å². The SMILES string of the molecule is Cc1cc(N(C)CC2CCCC2)ccc1CO. The van der Waals surface area contributed by atoms with Gasteiger partial charge < -0.3 is 10.0 Å². The van der Waals surface area contributed by atoms with Crippen molar-refractivity contribution in [1.29, 1.82) is 0 Å². The second-order valence-electron chi connectivity index (χ2n) is 5.30. The molecule has 17 heavy (non-hydrogen) atoms. The highest BCUT2D eigenvalue weighted by atomic mass is 16.3. The molecule has 0 saturated heterocycles. The van der Waals surface area contributed by atoms with Gasteiger partial charge in [-0.05, 0) is 48.9 Å². The summed E-state index contributed by atoms with van der Waals surface area (Å²) in [5.41, 5.74) is 3.48. The maximum absolute atomic E-state index is 9.16. The second-order valence-corrected chi connectivity index (χ2v) is 5.30. The van der Waals surface area contributed by atoms with Gasteiger partial charge in [0.25, 0.3) is 0 Å². The van der Waals surface area contributed by atoms with Crippen LogP contribution in [0.3, 0.4) is 0 Å². The van der Waals surface area contributed by atoms with Crippen LogP contribution in [0, 0.1) is 12.8 Å². The van der Waals surface area contributed by atoms with E-state index in [2.05, 4.69) is 31.0 Å². The van der Waals surface area contributed by atoms with E-state index < -0.39 is 0 Å². The van der Waals surface area contributed by atoms with E-state index in [9.17, 15) is 0 Å². The number of nitrogens with zero attached hydrogens (tertiary/aromatic N) is 1. The number of aliphatic hydroxyl groups excluding tert-OH is 1. The molecule has 1 aliphatic carbocycles. The van der Waals surface area contributed by atoms with Crippen molar-refractivity contribution in [2.24, 2.45) is 5.92 Å². The number of benzene rings is 1. The van der Waals surface area contributed by atoms with Crippen LogP contribution >= 0.6 is 0 Å². The fourth-order valence-corrected chi connectivity index (χ4v) is 2.78. The lowest BCUT2D eigenvalue weighted by Gasteiger charge is -2.24. The average molecular weight is 233 g/mol. The Hall–Kier alpha value is -1.02. The Labute approximate surface area is 104 Å². The Morgan fingerprint density at radius 3 is 2.59 bits per heavy atom. The molecule has 0 bridgehead atoms. The molecule has 1 N–H and O–H groups in total. The number of aryl methyl sites for hydroxylation is 1. The summed E-state index contributed by atoms with van der Waals surface area (Å²) in [7, 11) is 2.17. The van der Waals surface area contributed by atoms with Crippen molar-refractivity contribution in [3.05, 3.63) is 29.3 Å². The maximum atomic E-state index is 9.16. The molecular formula is C15H23NO. The lowest BCUT2D eigenvalue weighted by atomic mass is 10.1. The van der Waals surface area contributed by atoms with E-state index in [1.54, 1.807) is 0 Å². The van der Waals surface area contributed by atoms with Crippen LogP contribution in [-0.4, -0.2) is 18.7 Å². The first-order valence-corrected chi connectivity index (χ1v) is 6.62. The van der Waals surface area contributed by atoms with E-state index in [1.165, 1.54) is 36.9 Å². The normalized spacial score (nSPS) is 16.4. The van der Waals surface area contributed by atoms with Gasteiger partial charge in [-0.15, -0.1) is 0 Å². The highest BCUT2D eigenvalue weighted by molar-refractivity contribution is 5.50. The van der Waals surface area contributed by atoms with Gasteiger partial charge in [0.2, 0.25) is 0 Å². The number of anilines is 1. The fourth-order valence-electron chi connectivity index (χ4n) is 2.78. The molecule has 0 aromatic heterocycles. The van der Waals surface area contributed by atoms with E-state index in [0.717, 1.165) is 18.0 Å². The highest BCUT2D eigenvalue weighted by Crippen LogP contribution is 2.27. The van der Waals surface area contributed by atoms with E-state index in [0.29, 0.717) is 0 Å². The Morgan fingerprint density at radius 2 is 2.00 bits per heavy atom. The summed E-state index contributed by atoms with van der Waals surface area (Å²) in [5.74, 6) is 0.873. The summed E-state index contributed by atoms with van der Waals surface area (Å²) >= 11 is 0. The first kappa shape index (κ1) is 12.4. The van der Waals surface area contributed by atoms with Crippen LogP contribution in [0.5, 0.6) is 0 Å². The van der Waals surface area contributed by atoms with Crippen molar-refractivity contribution in [2.45, 2.75) is 39.2 Å². The Morgan fingerprint density at radius 1 is 1.29 bits per heavy atom. The predicted molar refractivity (Wildman–Crippen MR) is 72.3 cm³/mol. The third-order valence-electron chi connectivity index (χ3n) is 3.94. The minimum atomic E-state index is 0.137. The van der Waals surface area contributed by atoms with Crippen molar-refractivity contribution in [2.75, 3.05) is 18.5 Å². The third kappa shape index (κ3) is 3.01. The fraction of sp³-hybridized carbons (Fsp3) is 0.600. The molecule has 94 valence electrons. The van der Waals surface area contributed by atoms with Crippen LogP contribution in [0.1, 0.15) is 36.8 Å². The lowest BCUT2D eigenvalue weighted by Crippen LogP contribution is -2.24. The number of rotatable bonds is 4. The maximum Gasteiger partial charge on any atom is 0.0684 e. The first-order valence-electron chi connectivity index (χ1n) is 6.62. The minimum absolute atomic E-state index is 0.137. The Kier molecular flexibility index (Phi) is 4.06. The minimum Gasteiger partial charge on any atom is -0.392 e. The molecule has 0 radical (unpaired) electrons. The number of hydrogen-bond donors (Lipinski definition) is 1. The zero-order valence-corrected chi connectivity index (χ0v) is 10.9. The highest BCUT2D eigenvalue weighted by Gasteiger charge is 2.17. The quantitative estimate of drug-likeness (QED) is 0.863. The molecule has 1 saturated carbocycles. The second kappa shape index (κ2) is 5.54. The average Bonchev–Trinajstić information content (AvgIpc) is 2.81. The van der Waals surface area contributed by atoms with Gasteiger partial charge in [0.15, 0.2) is 0 Å². The summed E-state index contributed by atoms with van der Waals surface area (Å²) in [5, 5.41) is 9.16. The molecule has 1 fully saturated rings. The largest absolute Gasteiger partial charge is 0.392 e. The number of hydrogen-bond acceptors (Lipinski definition) is 2. The number of aliphatic hydroxyl groups is 1. The van der Waals surface area contributed by atoms with Gasteiger partial charge in [-0.2, -0.15) is 0 Å². The molecule has 0 spiro atoms. The summed E-state index contributed by atoms with van der Waals surface area (Å²) in [4.78, 5) is 2.35. The van der Waals surface area contributed by atoms with Crippen molar-refractivity contribution in [3.63, 3.8) is 0 Å². The zero-order valence-electron chi connectivity index (χ0n) is 10.9. The summed E-state index contributed by atoms with van der Waals surface area (Å²) in [6, 6.07) is 6.34. The van der Waals surface area contributed by atoms with Crippen LogP contribution < -0.4 is 4.90 Å². The summed E-state index contributed by atoms with van der Waals surface area (Å²) in [6.07, 6.45) is 5.58. The van der Waals surface area contributed by atoms with Crippen LogP contribution in [0.2, 0.25) is 0 Å². The Balaban J connectivity index is 2.02. The summed E-state index contributed by atoms with van der Waals surface area (Å²) in [6.45, 7) is 3.37. The van der Waals surface area contributed by atoms with Crippen molar-refractivity contribution >= 4 is 5.69 Å². The lowest BCUT2D eigenvalue weighted by molar-refractivity contribution is 0.281. The standard InChI is InChI=1S/C15H23NO/c1-12-9-15(8-7-14(12)11-17)16(2)10-13-5-3-4-6-13/h7-9,13,17H,3-6,10-11H2,1-2H3. The molecule has 0 unspecified atom stereocenters. The zero-order chi connectivity index (χ0) is 12.3. The van der Waals surface area contributed by atoms with Gasteiger partial charge in [0.1, 0.15) is 0 Å². The molecule has 2 rings (SSSR count). The molecule has 1 aromatic carbocycles. The molecule has 0 amide bonds. The van der Waals surface area contributed by atoms with Crippen molar-refractivity contribution in [1.82, 2.24) is 0 Å². The smallest absolute Gasteiger partial charge is 0.0684 e. The van der Waals surface area contributed by atoms with Crippen LogP contribution in [0.4, 0.5) is 5.69 Å². The molecule has 2 heteroatoms. The topological polar surface area (TPSA) is 23.5 Å². The molecule has 0 atom stereocenters. The van der Waals surface area contributed by atoms with Gasteiger partial charge in [0, 0.05) is 19.3 Å². The van der Waals surface area contributed by atoms with E-state index in [-0.39, 0.29) is 6.61 Å². The van der Waals surface area contributed by atoms with Crippen molar-refractivity contribution in [3.8, 4) is 0 Å². The molecular weight excluding hydrogens is 210 g/mol. The van der Waals surface area contributed by atoms with E-state index in [4.69, 9.17) is 5.11 Å². The van der Waals surface area contributed by atoms with Crippen LogP contribution in [0.15, 0.2) is 18.2 Å². The monoisotopic (exact) mass is 233 g/mol. The molecule has 0 heterocycles. The van der Waals surface area contributed by atoms with Gasteiger partial charge in [-0.3, -0.25) is 0 Å².